The molecular formula is C24H25N5O2S. The minimum Gasteiger partial charge on any atom is -0.354 e. The van der Waals surface area contributed by atoms with Crippen molar-refractivity contribution < 1.29 is 9.59 Å². The molecule has 1 aliphatic heterocycles. The van der Waals surface area contributed by atoms with Crippen molar-refractivity contribution >= 4 is 40.8 Å². The van der Waals surface area contributed by atoms with Crippen LogP contribution in [0.5, 0.6) is 0 Å². The number of piperidine rings is 1. The minimum atomic E-state index is -0.123. The number of carbonyl (C=O) groups excluding carboxylic acids is 2. The van der Waals surface area contributed by atoms with Crippen molar-refractivity contribution in [2.24, 2.45) is 5.92 Å². The lowest BCUT2D eigenvalue weighted by Crippen LogP contribution is -2.38. The van der Waals surface area contributed by atoms with E-state index >= 15 is 0 Å². The van der Waals surface area contributed by atoms with Gasteiger partial charge in [0.15, 0.2) is 5.82 Å². The van der Waals surface area contributed by atoms with Gasteiger partial charge in [0.2, 0.25) is 11.8 Å². The molecule has 0 bridgehead atoms. The van der Waals surface area contributed by atoms with Gasteiger partial charge in [-0.25, -0.2) is 9.97 Å². The topological polar surface area (TPSA) is 87.2 Å². The number of benzene rings is 2. The molecule has 4 rings (SSSR count). The van der Waals surface area contributed by atoms with E-state index in [-0.39, 0.29) is 17.7 Å². The summed E-state index contributed by atoms with van der Waals surface area (Å²) in [6, 6.07) is 17.3. The van der Waals surface area contributed by atoms with Crippen LogP contribution in [0, 0.1) is 5.92 Å². The number of carbonyl (C=O) groups is 2. The normalized spacial score (nSPS) is 14.1. The smallest absolute Gasteiger partial charge is 0.227 e. The maximum Gasteiger partial charge on any atom is 0.227 e. The molecule has 32 heavy (non-hydrogen) atoms. The second kappa shape index (κ2) is 10.3. The van der Waals surface area contributed by atoms with Gasteiger partial charge in [0, 0.05) is 54.6 Å². The number of anilines is 3. The maximum atomic E-state index is 12.8. The van der Waals surface area contributed by atoms with Crippen molar-refractivity contribution in [1.82, 2.24) is 9.97 Å². The predicted molar refractivity (Wildman–Crippen MR) is 127 cm³/mol. The number of rotatable bonds is 6. The first-order valence-electron chi connectivity index (χ1n) is 10.6. The van der Waals surface area contributed by atoms with Crippen LogP contribution in [0.3, 0.4) is 0 Å². The third-order valence-corrected chi connectivity index (χ3v) is 6.23. The van der Waals surface area contributed by atoms with E-state index in [9.17, 15) is 9.59 Å². The van der Waals surface area contributed by atoms with Crippen molar-refractivity contribution in [1.29, 1.82) is 0 Å². The molecule has 3 aromatic rings. The van der Waals surface area contributed by atoms with Gasteiger partial charge in [-0.1, -0.05) is 30.0 Å². The quantitative estimate of drug-likeness (QED) is 0.581. The average Bonchev–Trinajstić information content (AvgIpc) is 2.81. The van der Waals surface area contributed by atoms with Gasteiger partial charge >= 0.3 is 0 Å². The number of nitrogens with zero attached hydrogens (tertiary/aromatic N) is 3. The van der Waals surface area contributed by atoms with E-state index in [0.717, 1.165) is 47.4 Å². The lowest BCUT2D eigenvalue weighted by Gasteiger charge is -2.32. The third-order valence-electron chi connectivity index (χ3n) is 5.24. The molecule has 7 nitrogen and oxygen atoms in total. The predicted octanol–water partition coefficient (Wildman–Crippen LogP) is 4.44. The summed E-state index contributed by atoms with van der Waals surface area (Å²) in [5, 5.41) is 6.58. The molecule has 2 amide bonds. The van der Waals surface area contributed by atoms with Crippen molar-refractivity contribution in [2.45, 2.75) is 29.7 Å². The Bertz CT molecular complexity index is 1070. The number of aromatic nitrogens is 2. The van der Waals surface area contributed by atoms with E-state index in [4.69, 9.17) is 0 Å². The molecule has 1 aromatic heterocycles. The molecule has 164 valence electrons. The van der Waals surface area contributed by atoms with Gasteiger partial charge in [-0.3, -0.25) is 9.59 Å². The first-order chi connectivity index (χ1) is 15.6. The SMILES string of the molecule is CC(=O)Nc1ccc(NC(=O)C2CCN(c3nccnc3Sc3ccccc3)CC2)cc1. The van der Waals surface area contributed by atoms with E-state index in [1.54, 1.807) is 48.4 Å². The zero-order valence-electron chi connectivity index (χ0n) is 17.8. The Balaban J connectivity index is 1.34. The largest absolute Gasteiger partial charge is 0.354 e. The van der Waals surface area contributed by atoms with Crippen LogP contribution in [0.2, 0.25) is 0 Å². The molecule has 2 N–H and O–H groups in total. The molecule has 1 fully saturated rings. The lowest BCUT2D eigenvalue weighted by atomic mass is 9.96. The summed E-state index contributed by atoms with van der Waals surface area (Å²) in [6.07, 6.45) is 4.93. The standard InChI is InChI=1S/C24H25N5O2S/c1-17(30)27-19-7-9-20(10-8-19)28-23(31)18-11-15-29(16-12-18)22-24(26-14-13-25-22)32-21-5-3-2-4-6-21/h2-10,13-14,18H,11-12,15-16H2,1H3,(H,27,30)(H,28,31). The minimum absolute atomic E-state index is 0.0231. The molecule has 0 atom stereocenters. The van der Waals surface area contributed by atoms with Crippen LogP contribution in [-0.4, -0.2) is 34.9 Å². The van der Waals surface area contributed by atoms with Crippen molar-refractivity contribution in [3.8, 4) is 0 Å². The van der Waals surface area contributed by atoms with Gasteiger partial charge in [-0.05, 0) is 49.2 Å². The molecular weight excluding hydrogens is 422 g/mol. The second-order valence-corrected chi connectivity index (χ2v) is 8.67. The lowest BCUT2D eigenvalue weighted by molar-refractivity contribution is -0.120. The first kappa shape index (κ1) is 21.8. The Labute approximate surface area is 191 Å². The van der Waals surface area contributed by atoms with Crippen LogP contribution in [0.15, 0.2) is 76.9 Å². The molecule has 1 saturated heterocycles. The van der Waals surface area contributed by atoms with Crippen LogP contribution in [0.1, 0.15) is 19.8 Å². The highest BCUT2D eigenvalue weighted by atomic mass is 32.2. The fraction of sp³-hybridized carbons (Fsp3) is 0.250. The van der Waals surface area contributed by atoms with Crippen LogP contribution in [0.4, 0.5) is 17.2 Å². The molecule has 0 radical (unpaired) electrons. The highest BCUT2D eigenvalue weighted by Crippen LogP contribution is 2.34. The fourth-order valence-corrected chi connectivity index (χ4v) is 4.55. The highest BCUT2D eigenvalue weighted by Gasteiger charge is 2.27. The Kier molecular flexibility index (Phi) is 7.01. The van der Waals surface area contributed by atoms with Gasteiger partial charge in [0.1, 0.15) is 5.03 Å². The fourth-order valence-electron chi connectivity index (χ4n) is 3.64. The van der Waals surface area contributed by atoms with E-state index in [1.165, 1.54) is 6.92 Å². The second-order valence-electron chi connectivity index (χ2n) is 7.61. The van der Waals surface area contributed by atoms with Gasteiger partial charge in [-0.15, -0.1) is 0 Å². The number of hydrogen-bond donors (Lipinski definition) is 2. The molecule has 2 aromatic carbocycles. The van der Waals surface area contributed by atoms with Crippen LogP contribution >= 0.6 is 11.8 Å². The number of nitrogens with one attached hydrogen (secondary N) is 2. The summed E-state index contributed by atoms with van der Waals surface area (Å²) < 4.78 is 0. The first-order valence-corrected chi connectivity index (χ1v) is 11.4. The average molecular weight is 448 g/mol. The summed E-state index contributed by atoms with van der Waals surface area (Å²) in [7, 11) is 0. The van der Waals surface area contributed by atoms with E-state index in [0.29, 0.717) is 5.69 Å². The van der Waals surface area contributed by atoms with E-state index in [1.807, 2.05) is 18.2 Å². The molecule has 8 heteroatoms. The van der Waals surface area contributed by atoms with Crippen LogP contribution < -0.4 is 15.5 Å². The highest BCUT2D eigenvalue weighted by molar-refractivity contribution is 7.99. The summed E-state index contributed by atoms with van der Waals surface area (Å²) in [5.41, 5.74) is 1.43. The van der Waals surface area contributed by atoms with Crippen LogP contribution in [0.25, 0.3) is 0 Å². The van der Waals surface area contributed by atoms with Gasteiger partial charge < -0.3 is 15.5 Å². The monoisotopic (exact) mass is 447 g/mol. The van der Waals surface area contributed by atoms with Crippen molar-refractivity contribution in [3.63, 3.8) is 0 Å². The van der Waals surface area contributed by atoms with Gasteiger partial charge in [0.25, 0.3) is 0 Å². The summed E-state index contributed by atoms with van der Waals surface area (Å²) >= 11 is 1.60. The molecule has 1 aliphatic rings. The Morgan fingerprint density at radius 1 is 0.906 bits per heavy atom. The zero-order valence-corrected chi connectivity index (χ0v) is 18.6. The van der Waals surface area contributed by atoms with Crippen molar-refractivity contribution in [3.05, 3.63) is 67.0 Å². The molecule has 0 spiro atoms. The molecule has 2 heterocycles. The van der Waals surface area contributed by atoms with Crippen molar-refractivity contribution in [2.75, 3.05) is 28.6 Å². The van der Waals surface area contributed by atoms with E-state index in [2.05, 4.69) is 37.6 Å². The molecule has 0 saturated carbocycles. The Hall–Kier alpha value is -3.39. The molecule has 0 unspecified atom stereocenters. The third kappa shape index (κ3) is 5.64. The molecule has 0 aliphatic carbocycles. The van der Waals surface area contributed by atoms with Crippen LogP contribution in [-0.2, 0) is 9.59 Å². The summed E-state index contributed by atoms with van der Waals surface area (Å²) in [5.74, 6) is 0.717. The summed E-state index contributed by atoms with van der Waals surface area (Å²) in [4.78, 5) is 36.3. The van der Waals surface area contributed by atoms with E-state index < -0.39 is 0 Å². The van der Waals surface area contributed by atoms with Gasteiger partial charge in [0.05, 0.1) is 0 Å². The number of amides is 2. The zero-order chi connectivity index (χ0) is 22.3. The number of hydrogen-bond acceptors (Lipinski definition) is 6. The van der Waals surface area contributed by atoms with Gasteiger partial charge in [-0.2, -0.15) is 0 Å². The Morgan fingerprint density at radius 3 is 2.19 bits per heavy atom. The summed E-state index contributed by atoms with van der Waals surface area (Å²) in [6.45, 7) is 2.97. The Morgan fingerprint density at radius 2 is 1.53 bits per heavy atom. The maximum absolute atomic E-state index is 12.8.